The van der Waals surface area contributed by atoms with Crippen molar-refractivity contribution in [1.82, 2.24) is 10.1 Å². The second-order valence-corrected chi connectivity index (χ2v) is 2.46. The summed E-state index contributed by atoms with van der Waals surface area (Å²) in [6.07, 6.45) is 4.43. The predicted molar refractivity (Wildman–Crippen MR) is 49.2 cm³/mol. The van der Waals surface area contributed by atoms with Crippen LogP contribution in [0, 0.1) is 0 Å². The van der Waals surface area contributed by atoms with Gasteiger partial charge in [0, 0.05) is 13.0 Å². The van der Waals surface area contributed by atoms with Crippen molar-refractivity contribution in [3.8, 4) is 0 Å². The Balaban J connectivity index is 2.39. The smallest absolute Gasteiger partial charge is 0.226 e. The normalized spacial score (nSPS) is 11.2. The summed E-state index contributed by atoms with van der Waals surface area (Å²) < 4.78 is 10.0. The molecule has 0 spiro atoms. The van der Waals surface area contributed by atoms with Crippen molar-refractivity contribution < 1.29 is 9.26 Å². The summed E-state index contributed by atoms with van der Waals surface area (Å²) in [6, 6.07) is 0. The maximum absolute atomic E-state index is 5.12. The number of ether oxygens (including phenoxy) is 1. The largest absolute Gasteiger partial charge is 0.378 e. The second kappa shape index (κ2) is 5.48. The average molecular weight is 182 g/mol. The van der Waals surface area contributed by atoms with Gasteiger partial charge in [0.05, 0.1) is 6.61 Å². The van der Waals surface area contributed by atoms with Crippen LogP contribution in [-0.4, -0.2) is 23.4 Å². The number of nitrogens with zero attached hydrogens (tertiary/aromatic N) is 2. The summed E-state index contributed by atoms with van der Waals surface area (Å²) in [5.74, 6) is 1.27. The van der Waals surface area contributed by atoms with Crippen LogP contribution >= 0.6 is 0 Å². The number of hydrogen-bond donors (Lipinski definition) is 0. The van der Waals surface area contributed by atoms with Crippen molar-refractivity contribution in [2.24, 2.45) is 0 Å². The topological polar surface area (TPSA) is 48.2 Å². The molecular weight excluding hydrogens is 168 g/mol. The fraction of sp³-hybridized carbons (Fsp3) is 0.556. The van der Waals surface area contributed by atoms with Crippen molar-refractivity contribution in [2.75, 3.05) is 13.2 Å². The molecule has 0 amide bonds. The third-order valence-corrected chi connectivity index (χ3v) is 1.47. The predicted octanol–water partition coefficient (Wildman–Crippen LogP) is 1.68. The van der Waals surface area contributed by atoms with Crippen molar-refractivity contribution in [3.63, 3.8) is 0 Å². The molecule has 72 valence electrons. The van der Waals surface area contributed by atoms with Gasteiger partial charge in [-0.25, -0.2) is 0 Å². The van der Waals surface area contributed by atoms with E-state index < -0.39 is 0 Å². The van der Waals surface area contributed by atoms with E-state index in [-0.39, 0.29) is 0 Å². The van der Waals surface area contributed by atoms with Crippen LogP contribution in [-0.2, 0) is 11.2 Å². The highest BCUT2D eigenvalue weighted by atomic mass is 16.5. The lowest BCUT2D eigenvalue weighted by atomic mass is 10.4. The number of rotatable bonds is 5. The lowest BCUT2D eigenvalue weighted by Gasteiger charge is -1.90. The highest BCUT2D eigenvalue weighted by Gasteiger charge is 1.98. The molecule has 0 unspecified atom stereocenters. The van der Waals surface area contributed by atoms with Gasteiger partial charge in [-0.1, -0.05) is 18.2 Å². The Hall–Kier alpha value is -1.16. The van der Waals surface area contributed by atoms with Crippen LogP contribution in [0.1, 0.15) is 25.6 Å². The molecule has 0 saturated carbocycles. The van der Waals surface area contributed by atoms with Crippen LogP contribution in [0.25, 0.3) is 6.08 Å². The third kappa shape index (κ3) is 3.38. The van der Waals surface area contributed by atoms with Gasteiger partial charge in [-0.15, -0.1) is 0 Å². The van der Waals surface area contributed by atoms with Crippen LogP contribution in [0.2, 0.25) is 0 Å². The molecule has 1 heterocycles. The first-order valence-electron chi connectivity index (χ1n) is 4.43. The summed E-state index contributed by atoms with van der Waals surface area (Å²) in [4.78, 5) is 4.11. The fourth-order valence-electron chi connectivity index (χ4n) is 0.819. The molecule has 0 radical (unpaired) electrons. The molecule has 0 fully saturated rings. The second-order valence-electron chi connectivity index (χ2n) is 2.46. The fourth-order valence-corrected chi connectivity index (χ4v) is 0.819. The van der Waals surface area contributed by atoms with E-state index in [4.69, 9.17) is 9.26 Å². The summed E-state index contributed by atoms with van der Waals surface area (Å²) in [7, 11) is 0. The lowest BCUT2D eigenvalue weighted by Crippen LogP contribution is -1.88. The van der Waals surface area contributed by atoms with E-state index in [1.807, 2.05) is 19.9 Å². The average Bonchev–Trinajstić information content (AvgIpc) is 2.60. The molecule has 4 heteroatoms. The summed E-state index contributed by atoms with van der Waals surface area (Å²) in [5.41, 5.74) is 0. The Labute approximate surface area is 77.6 Å². The van der Waals surface area contributed by atoms with E-state index in [2.05, 4.69) is 10.1 Å². The summed E-state index contributed by atoms with van der Waals surface area (Å²) in [6.45, 7) is 5.24. The molecule has 0 aliphatic heterocycles. The van der Waals surface area contributed by atoms with Crippen LogP contribution < -0.4 is 0 Å². The Kier molecular flexibility index (Phi) is 4.18. The first kappa shape index (κ1) is 9.92. The zero-order valence-corrected chi connectivity index (χ0v) is 7.99. The highest BCUT2D eigenvalue weighted by molar-refractivity contribution is 5.38. The molecule has 13 heavy (non-hydrogen) atoms. The first-order valence-corrected chi connectivity index (χ1v) is 4.43. The SMILES string of the molecule is CCOCC=Cc1noc(CC)n1. The van der Waals surface area contributed by atoms with E-state index in [1.165, 1.54) is 0 Å². The summed E-state index contributed by atoms with van der Waals surface area (Å²) >= 11 is 0. The Bertz CT molecular complexity index is 268. The number of aryl methyl sites for hydroxylation is 1. The maximum Gasteiger partial charge on any atom is 0.226 e. The Morgan fingerprint density at radius 2 is 2.31 bits per heavy atom. The molecule has 0 atom stereocenters. The van der Waals surface area contributed by atoms with Crippen LogP contribution in [0.3, 0.4) is 0 Å². The lowest BCUT2D eigenvalue weighted by molar-refractivity contribution is 0.178. The Morgan fingerprint density at radius 3 is 2.92 bits per heavy atom. The van der Waals surface area contributed by atoms with Gasteiger partial charge >= 0.3 is 0 Å². The minimum Gasteiger partial charge on any atom is -0.378 e. The van der Waals surface area contributed by atoms with Crippen molar-refractivity contribution in [3.05, 3.63) is 17.8 Å². The van der Waals surface area contributed by atoms with E-state index in [0.717, 1.165) is 13.0 Å². The molecule has 1 aromatic rings. The molecule has 0 aliphatic rings. The van der Waals surface area contributed by atoms with E-state index in [0.29, 0.717) is 18.3 Å². The van der Waals surface area contributed by atoms with Crippen molar-refractivity contribution >= 4 is 6.08 Å². The van der Waals surface area contributed by atoms with E-state index in [1.54, 1.807) is 6.08 Å². The van der Waals surface area contributed by atoms with Crippen LogP contribution in [0.4, 0.5) is 0 Å². The van der Waals surface area contributed by atoms with Gasteiger partial charge in [0.2, 0.25) is 5.89 Å². The van der Waals surface area contributed by atoms with Gasteiger partial charge in [0.15, 0.2) is 5.82 Å². The van der Waals surface area contributed by atoms with Crippen LogP contribution in [0.5, 0.6) is 0 Å². The molecule has 0 aliphatic carbocycles. The number of hydrogen-bond acceptors (Lipinski definition) is 4. The maximum atomic E-state index is 5.12. The van der Waals surface area contributed by atoms with E-state index in [9.17, 15) is 0 Å². The zero-order valence-electron chi connectivity index (χ0n) is 7.99. The van der Waals surface area contributed by atoms with Gasteiger partial charge in [0.25, 0.3) is 0 Å². The molecule has 1 rings (SSSR count). The monoisotopic (exact) mass is 182 g/mol. The standard InChI is InChI=1S/C9H14N2O2/c1-3-9-10-8(11-13-9)6-5-7-12-4-2/h5-6H,3-4,7H2,1-2H3. The van der Waals surface area contributed by atoms with Crippen molar-refractivity contribution in [1.29, 1.82) is 0 Å². The van der Waals surface area contributed by atoms with Gasteiger partial charge in [-0.05, 0) is 13.0 Å². The van der Waals surface area contributed by atoms with Crippen LogP contribution in [0.15, 0.2) is 10.6 Å². The zero-order chi connectivity index (χ0) is 9.52. The Morgan fingerprint density at radius 1 is 1.46 bits per heavy atom. The minimum atomic E-state index is 0.590. The minimum absolute atomic E-state index is 0.590. The van der Waals surface area contributed by atoms with Gasteiger partial charge < -0.3 is 9.26 Å². The van der Waals surface area contributed by atoms with Gasteiger partial charge in [-0.3, -0.25) is 0 Å². The first-order chi connectivity index (χ1) is 6.36. The molecule has 0 N–H and O–H groups in total. The molecule has 0 bridgehead atoms. The van der Waals surface area contributed by atoms with E-state index >= 15 is 0 Å². The molecule has 4 nitrogen and oxygen atoms in total. The highest BCUT2D eigenvalue weighted by Crippen LogP contribution is 1.99. The number of aromatic nitrogens is 2. The molecule has 0 aromatic carbocycles. The molecule has 1 aromatic heterocycles. The molecule has 0 saturated heterocycles. The molecular formula is C9H14N2O2. The third-order valence-electron chi connectivity index (χ3n) is 1.47. The summed E-state index contributed by atoms with van der Waals surface area (Å²) in [5, 5.41) is 3.76. The van der Waals surface area contributed by atoms with Crippen molar-refractivity contribution in [2.45, 2.75) is 20.3 Å². The van der Waals surface area contributed by atoms with Gasteiger partial charge in [0.1, 0.15) is 0 Å². The van der Waals surface area contributed by atoms with Gasteiger partial charge in [-0.2, -0.15) is 4.98 Å². The quantitative estimate of drug-likeness (QED) is 0.650.